The van der Waals surface area contributed by atoms with Gasteiger partial charge in [-0.05, 0) is 136 Å². The van der Waals surface area contributed by atoms with Crippen molar-refractivity contribution in [2.24, 2.45) is 17.8 Å². The Labute approximate surface area is 238 Å². The summed E-state index contributed by atoms with van der Waals surface area (Å²) in [7, 11) is 6.04. The van der Waals surface area contributed by atoms with E-state index in [0.717, 1.165) is 35.7 Å². The Balaban J connectivity index is 1.12. The maximum atomic E-state index is 11.9. The molecule has 0 radical (unpaired) electrons. The van der Waals surface area contributed by atoms with E-state index in [1.54, 1.807) is 23.8 Å². The molecular weight excluding hydrogens is 498 g/mol. The summed E-state index contributed by atoms with van der Waals surface area (Å²) in [6.45, 7) is 1.26. The van der Waals surface area contributed by atoms with E-state index in [0.29, 0.717) is 23.5 Å². The second kappa shape index (κ2) is 10.8. The lowest BCUT2D eigenvalue weighted by atomic mass is 9.48. The van der Waals surface area contributed by atoms with Gasteiger partial charge in [-0.15, -0.1) is 0 Å². The van der Waals surface area contributed by atoms with Gasteiger partial charge in [0, 0.05) is 30.7 Å². The number of benzene rings is 3. The van der Waals surface area contributed by atoms with E-state index in [1.165, 1.54) is 44.2 Å². The Hall–Kier alpha value is -3.51. The Morgan fingerprint density at radius 2 is 1.45 bits per heavy atom. The van der Waals surface area contributed by atoms with Crippen LogP contribution in [0.25, 0.3) is 0 Å². The number of nitrogens with zero attached hydrogens (tertiary/aromatic N) is 2. The number of rotatable bonds is 10. The highest BCUT2D eigenvalue weighted by Crippen LogP contribution is 2.60. The van der Waals surface area contributed by atoms with Gasteiger partial charge in [0.05, 0.1) is 11.3 Å². The van der Waals surface area contributed by atoms with Crippen LogP contribution >= 0.6 is 0 Å². The minimum atomic E-state index is -0.992. The van der Waals surface area contributed by atoms with Crippen molar-refractivity contribution in [2.75, 3.05) is 44.5 Å². The summed E-state index contributed by atoms with van der Waals surface area (Å²) in [5, 5.41) is 13.0. The number of carboxylic acids is 1. The van der Waals surface area contributed by atoms with E-state index in [4.69, 9.17) is 4.74 Å². The molecule has 3 aromatic carbocycles. The fraction of sp³-hybridized carbons (Fsp3) is 0.441. The number of ether oxygens (including phenoxy) is 1. The first-order valence-electron chi connectivity index (χ1n) is 14.6. The summed E-state index contributed by atoms with van der Waals surface area (Å²) in [4.78, 5) is 16.2. The molecule has 3 aromatic rings. The highest BCUT2D eigenvalue weighted by atomic mass is 16.5. The molecule has 4 bridgehead atoms. The highest BCUT2D eigenvalue weighted by molar-refractivity contribution is 5.95. The molecule has 0 unspecified atom stereocenters. The van der Waals surface area contributed by atoms with Crippen molar-refractivity contribution in [2.45, 2.75) is 43.9 Å². The SMILES string of the molecule is CN(C)CCOc1ccc(Nc2ccc(N(C)c3ccc(C45CC6CC(CC(C6)C4)C5)cc3)cc2)c(C(=O)O)c1. The summed E-state index contributed by atoms with van der Waals surface area (Å²) in [6, 6.07) is 22.6. The smallest absolute Gasteiger partial charge is 0.337 e. The van der Waals surface area contributed by atoms with Gasteiger partial charge in [0.15, 0.2) is 0 Å². The first-order valence-corrected chi connectivity index (χ1v) is 14.6. The molecule has 6 nitrogen and oxygen atoms in total. The molecule has 40 heavy (non-hydrogen) atoms. The third-order valence-electron chi connectivity index (χ3n) is 9.47. The molecule has 4 aliphatic carbocycles. The fourth-order valence-electron chi connectivity index (χ4n) is 7.82. The van der Waals surface area contributed by atoms with Crippen LogP contribution < -0.4 is 15.0 Å². The van der Waals surface area contributed by atoms with Crippen molar-refractivity contribution in [1.82, 2.24) is 4.90 Å². The summed E-state index contributed by atoms with van der Waals surface area (Å²) in [5.41, 5.74) is 5.77. The molecule has 4 fully saturated rings. The Morgan fingerprint density at radius 3 is 2.00 bits per heavy atom. The summed E-state index contributed by atoms with van der Waals surface area (Å²) >= 11 is 0. The number of anilines is 4. The molecule has 0 heterocycles. The molecule has 4 aliphatic rings. The van der Waals surface area contributed by atoms with Crippen molar-refractivity contribution in [3.05, 3.63) is 77.9 Å². The molecule has 0 atom stereocenters. The maximum absolute atomic E-state index is 11.9. The van der Waals surface area contributed by atoms with Crippen LogP contribution in [0, 0.1) is 17.8 Å². The number of hydrogen-bond acceptors (Lipinski definition) is 5. The largest absolute Gasteiger partial charge is 0.492 e. The molecule has 7 rings (SSSR count). The number of aromatic carboxylic acids is 1. The van der Waals surface area contributed by atoms with E-state index in [2.05, 4.69) is 53.7 Å². The van der Waals surface area contributed by atoms with Gasteiger partial charge in [-0.3, -0.25) is 0 Å². The van der Waals surface area contributed by atoms with Crippen LogP contribution in [0.1, 0.15) is 54.4 Å². The molecule has 0 saturated heterocycles. The highest BCUT2D eigenvalue weighted by Gasteiger charge is 2.51. The van der Waals surface area contributed by atoms with Gasteiger partial charge in [-0.25, -0.2) is 4.79 Å². The zero-order valence-corrected chi connectivity index (χ0v) is 23.9. The second-order valence-corrected chi connectivity index (χ2v) is 12.6. The van der Waals surface area contributed by atoms with Crippen LogP contribution in [0.3, 0.4) is 0 Å². The molecule has 2 N–H and O–H groups in total. The number of hydrogen-bond donors (Lipinski definition) is 2. The quantitative estimate of drug-likeness (QED) is 0.282. The number of carboxylic acid groups (broad SMARTS) is 1. The van der Waals surface area contributed by atoms with Gasteiger partial charge >= 0.3 is 5.97 Å². The summed E-state index contributed by atoms with van der Waals surface area (Å²) in [5.74, 6) is 2.41. The third-order valence-corrected chi connectivity index (χ3v) is 9.47. The standard InChI is InChI=1S/C34H41N3O3/c1-36(2)14-15-40-30-12-13-32(31(19-30)33(38)39)35-27-6-10-29(11-7-27)37(3)28-8-4-26(5-9-28)34-20-23-16-24(21-34)18-25(17-23)22-34/h4-13,19,23-25,35H,14-18,20-22H2,1-3H3,(H,38,39). The fourth-order valence-corrected chi connectivity index (χ4v) is 7.82. The number of carbonyl (C=O) groups is 1. The van der Waals surface area contributed by atoms with Gasteiger partial charge in [-0.2, -0.15) is 0 Å². The molecular formula is C34H41N3O3. The third kappa shape index (κ3) is 5.42. The molecule has 0 spiro atoms. The second-order valence-electron chi connectivity index (χ2n) is 12.6. The molecule has 6 heteroatoms. The van der Waals surface area contributed by atoms with Gasteiger partial charge in [0.25, 0.3) is 0 Å². The van der Waals surface area contributed by atoms with Crippen molar-refractivity contribution >= 4 is 28.7 Å². The predicted octanol–water partition coefficient (Wildman–Crippen LogP) is 7.30. The normalized spacial score (nSPS) is 24.8. The lowest BCUT2D eigenvalue weighted by Gasteiger charge is -2.57. The maximum Gasteiger partial charge on any atom is 0.337 e. The van der Waals surface area contributed by atoms with Crippen LogP contribution in [0.2, 0.25) is 0 Å². The molecule has 0 aromatic heterocycles. The summed E-state index contributed by atoms with van der Waals surface area (Å²) < 4.78 is 5.73. The number of likely N-dealkylation sites (N-methyl/N-ethyl adjacent to an activating group) is 1. The van der Waals surface area contributed by atoms with Crippen LogP contribution in [-0.4, -0.2) is 50.3 Å². The van der Waals surface area contributed by atoms with E-state index < -0.39 is 5.97 Å². The van der Waals surface area contributed by atoms with Crippen molar-refractivity contribution < 1.29 is 14.6 Å². The first-order chi connectivity index (χ1) is 19.3. The van der Waals surface area contributed by atoms with Crippen LogP contribution in [0.5, 0.6) is 5.75 Å². The Kier molecular flexibility index (Phi) is 7.22. The predicted molar refractivity (Wildman–Crippen MR) is 162 cm³/mol. The van der Waals surface area contributed by atoms with Crippen molar-refractivity contribution in [3.63, 3.8) is 0 Å². The van der Waals surface area contributed by atoms with Gasteiger partial charge in [0.1, 0.15) is 12.4 Å². The topological polar surface area (TPSA) is 65.0 Å². The zero-order chi connectivity index (χ0) is 27.9. The van der Waals surface area contributed by atoms with E-state index >= 15 is 0 Å². The van der Waals surface area contributed by atoms with E-state index in [9.17, 15) is 9.90 Å². The van der Waals surface area contributed by atoms with Crippen LogP contribution in [-0.2, 0) is 5.41 Å². The first kappa shape index (κ1) is 26.7. The van der Waals surface area contributed by atoms with E-state index in [-0.39, 0.29) is 5.56 Å². The Bertz CT molecular complexity index is 1310. The van der Waals surface area contributed by atoms with Crippen molar-refractivity contribution in [1.29, 1.82) is 0 Å². The molecule has 4 saturated carbocycles. The minimum Gasteiger partial charge on any atom is -0.492 e. The lowest BCUT2D eigenvalue weighted by molar-refractivity contribution is -0.00518. The average molecular weight is 540 g/mol. The van der Waals surface area contributed by atoms with Gasteiger partial charge < -0.3 is 25.0 Å². The monoisotopic (exact) mass is 539 g/mol. The van der Waals surface area contributed by atoms with Crippen LogP contribution in [0.15, 0.2) is 66.7 Å². The Morgan fingerprint density at radius 1 is 0.875 bits per heavy atom. The molecule has 0 aliphatic heterocycles. The molecule has 0 amide bonds. The van der Waals surface area contributed by atoms with Crippen molar-refractivity contribution in [3.8, 4) is 5.75 Å². The zero-order valence-electron chi connectivity index (χ0n) is 23.9. The van der Waals surface area contributed by atoms with Gasteiger partial charge in [0.2, 0.25) is 0 Å². The average Bonchev–Trinajstić information content (AvgIpc) is 2.93. The molecule has 210 valence electrons. The minimum absolute atomic E-state index is 0.183. The van der Waals surface area contributed by atoms with Crippen LogP contribution in [0.4, 0.5) is 22.7 Å². The van der Waals surface area contributed by atoms with E-state index in [1.807, 2.05) is 31.1 Å². The summed E-state index contributed by atoms with van der Waals surface area (Å²) in [6.07, 6.45) is 8.58. The van der Waals surface area contributed by atoms with Gasteiger partial charge in [-0.1, -0.05) is 12.1 Å². The number of nitrogens with one attached hydrogen (secondary N) is 1. The lowest BCUT2D eigenvalue weighted by Crippen LogP contribution is -2.48.